The summed E-state index contributed by atoms with van der Waals surface area (Å²) < 4.78 is 18.3. The summed E-state index contributed by atoms with van der Waals surface area (Å²) >= 11 is 0. The van der Waals surface area contributed by atoms with Gasteiger partial charge in [-0.15, -0.1) is 0 Å². The lowest BCUT2D eigenvalue weighted by Gasteiger charge is -2.11. The molecule has 0 atom stereocenters. The number of carboxylic acids is 1. The number of aromatic carboxylic acids is 1. The molecule has 19 heavy (non-hydrogen) atoms. The number of halogens is 1. The molecule has 98 valence electrons. The fourth-order valence-electron chi connectivity index (χ4n) is 1.75. The summed E-state index contributed by atoms with van der Waals surface area (Å²) in [5, 5.41) is 9.09. The van der Waals surface area contributed by atoms with E-state index in [9.17, 15) is 9.18 Å². The summed E-state index contributed by atoms with van der Waals surface area (Å²) in [7, 11) is 0. The topological polar surface area (TPSA) is 46.5 Å². The van der Waals surface area contributed by atoms with Crippen molar-refractivity contribution < 1.29 is 19.0 Å². The number of ether oxygens (including phenoxy) is 1. The highest BCUT2D eigenvalue weighted by Gasteiger charge is 2.13. The van der Waals surface area contributed by atoms with E-state index in [0.717, 1.165) is 11.1 Å². The molecule has 0 aliphatic carbocycles. The number of para-hydroxylation sites is 1. The molecule has 0 amide bonds. The Hall–Kier alpha value is -2.36. The number of hydrogen-bond donors (Lipinski definition) is 1. The molecule has 0 heterocycles. The smallest absolute Gasteiger partial charge is 0.339 e. The first-order valence-electron chi connectivity index (χ1n) is 5.78. The lowest BCUT2D eigenvalue weighted by atomic mass is 10.1. The standard InChI is InChI=1S/C15H13FO3/c1-10-3-2-4-13(15(17)18)14(10)19-9-11-5-7-12(16)8-6-11/h2-8H,9H2,1H3,(H,17,18). The molecule has 0 unspecified atom stereocenters. The average molecular weight is 260 g/mol. The number of carboxylic acid groups (broad SMARTS) is 1. The summed E-state index contributed by atoms with van der Waals surface area (Å²) in [5.41, 5.74) is 1.66. The van der Waals surface area contributed by atoms with Crippen LogP contribution in [0.5, 0.6) is 5.75 Å². The highest BCUT2D eigenvalue weighted by atomic mass is 19.1. The first-order chi connectivity index (χ1) is 9.08. The van der Waals surface area contributed by atoms with Crippen LogP contribution in [-0.4, -0.2) is 11.1 Å². The molecule has 2 rings (SSSR count). The van der Waals surface area contributed by atoms with E-state index >= 15 is 0 Å². The summed E-state index contributed by atoms with van der Waals surface area (Å²) in [5.74, 6) is -0.997. The van der Waals surface area contributed by atoms with Crippen LogP contribution < -0.4 is 4.74 Å². The fourth-order valence-corrected chi connectivity index (χ4v) is 1.75. The molecule has 0 spiro atoms. The van der Waals surface area contributed by atoms with Gasteiger partial charge in [0.05, 0.1) is 0 Å². The van der Waals surface area contributed by atoms with E-state index in [0.29, 0.717) is 5.75 Å². The molecular weight excluding hydrogens is 247 g/mol. The Kier molecular flexibility index (Phi) is 3.80. The maximum atomic E-state index is 12.8. The van der Waals surface area contributed by atoms with Crippen molar-refractivity contribution in [2.75, 3.05) is 0 Å². The summed E-state index contributed by atoms with van der Waals surface area (Å²) in [6.07, 6.45) is 0. The molecule has 0 aliphatic rings. The largest absolute Gasteiger partial charge is 0.488 e. The van der Waals surface area contributed by atoms with Crippen LogP contribution in [0.1, 0.15) is 21.5 Å². The van der Waals surface area contributed by atoms with Gasteiger partial charge in [-0.05, 0) is 36.2 Å². The van der Waals surface area contributed by atoms with Crippen molar-refractivity contribution in [2.45, 2.75) is 13.5 Å². The zero-order valence-corrected chi connectivity index (χ0v) is 10.4. The number of rotatable bonds is 4. The second-order valence-corrected chi connectivity index (χ2v) is 4.17. The van der Waals surface area contributed by atoms with Gasteiger partial charge in [-0.25, -0.2) is 9.18 Å². The van der Waals surface area contributed by atoms with Crippen LogP contribution in [0.15, 0.2) is 42.5 Å². The first-order valence-corrected chi connectivity index (χ1v) is 5.78. The minimum absolute atomic E-state index is 0.127. The Morgan fingerprint density at radius 3 is 2.53 bits per heavy atom. The molecule has 0 saturated heterocycles. The second kappa shape index (κ2) is 5.52. The van der Waals surface area contributed by atoms with Crippen molar-refractivity contribution in [1.29, 1.82) is 0 Å². The normalized spacial score (nSPS) is 10.2. The van der Waals surface area contributed by atoms with Crippen molar-refractivity contribution >= 4 is 5.97 Å². The molecule has 0 radical (unpaired) electrons. The third kappa shape index (κ3) is 3.10. The average Bonchev–Trinajstić information content (AvgIpc) is 2.39. The van der Waals surface area contributed by atoms with E-state index in [2.05, 4.69) is 0 Å². The predicted octanol–water partition coefficient (Wildman–Crippen LogP) is 3.41. The number of hydrogen-bond acceptors (Lipinski definition) is 2. The highest BCUT2D eigenvalue weighted by Crippen LogP contribution is 2.24. The van der Waals surface area contributed by atoms with Gasteiger partial charge in [0, 0.05) is 0 Å². The number of benzene rings is 2. The molecule has 0 saturated carbocycles. The SMILES string of the molecule is Cc1cccc(C(=O)O)c1OCc1ccc(F)cc1. The fraction of sp³-hybridized carbons (Fsp3) is 0.133. The van der Waals surface area contributed by atoms with Crippen molar-refractivity contribution in [3.8, 4) is 5.75 Å². The predicted molar refractivity (Wildman–Crippen MR) is 68.9 cm³/mol. The van der Waals surface area contributed by atoms with Gasteiger partial charge in [0.1, 0.15) is 23.7 Å². The van der Waals surface area contributed by atoms with Gasteiger partial charge in [-0.2, -0.15) is 0 Å². The minimum Gasteiger partial charge on any atom is -0.488 e. The number of carbonyl (C=O) groups is 1. The highest BCUT2D eigenvalue weighted by molar-refractivity contribution is 5.91. The molecule has 0 aromatic heterocycles. The Labute approximate surface area is 110 Å². The summed E-state index contributed by atoms with van der Waals surface area (Å²) in [6, 6.07) is 10.8. The monoisotopic (exact) mass is 260 g/mol. The molecule has 3 nitrogen and oxygen atoms in total. The van der Waals surface area contributed by atoms with Crippen LogP contribution in [0, 0.1) is 12.7 Å². The van der Waals surface area contributed by atoms with Gasteiger partial charge >= 0.3 is 5.97 Å². The van der Waals surface area contributed by atoms with Crippen LogP contribution >= 0.6 is 0 Å². The molecule has 1 N–H and O–H groups in total. The van der Waals surface area contributed by atoms with E-state index in [-0.39, 0.29) is 18.0 Å². The first kappa shape index (κ1) is 13.1. The van der Waals surface area contributed by atoms with Crippen LogP contribution in [0.2, 0.25) is 0 Å². The van der Waals surface area contributed by atoms with Gasteiger partial charge in [-0.1, -0.05) is 24.3 Å². The zero-order chi connectivity index (χ0) is 13.8. The van der Waals surface area contributed by atoms with E-state index in [1.54, 1.807) is 31.2 Å². The van der Waals surface area contributed by atoms with Crippen molar-refractivity contribution in [3.05, 3.63) is 65.0 Å². The number of aryl methyl sites for hydroxylation is 1. The van der Waals surface area contributed by atoms with Gasteiger partial charge in [0.15, 0.2) is 0 Å². The summed E-state index contributed by atoms with van der Waals surface area (Å²) in [6.45, 7) is 1.98. The Morgan fingerprint density at radius 1 is 1.21 bits per heavy atom. The molecule has 0 aliphatic heterocycles. The third-order valence-electron chi connectivity index (χ3n) is 2.74. The van der Waals surface area contributed by atoms with Gasteiger partial charge in [0.2, 0.25) is 0 Å². The maximum absolute atomic E-state index is 12.8. The summed E-state index contributed by atoms with van der Waals surface area (Å²) in [4.78, 5) is 11.1. The second-order valence-electron chi connectivity index (χ2n) is 4.17. The maximum Gasteiger partial charge on any atom is 0.339 e. The molecule has 4 heteroatoms. The van der Waals surface area contributed by atoms with E-state index in [1.807, 2.05) is 0 Å². The van der Waals surface area contributed by atoms with Gasteiger partial charge in [0.25, 0.3) is 0 Å². The van der Waals surface area contributed by atoms with E-state index in [4.69, 9.17) is 9.84 Å². The molecule has 0 fully saturated rings. The quantitative estimate of drug-likeness (QED) is 0.916. The van der Waals surface area contributed by atoms with Crippen LogP contribution in [0.25, 0.3) is 0 Å². The molecule has 2 aromatic carbocycles. The third-order valence-corrected chi connectivity index (χ3v) is 2.74. The van der Waals surface area contributed by atoms with E-state index < -0.39 is 5.97 Å². The Balaban J connectivity index is 2.19. The van der Waals surface area contributed by atoms with Crippen molar-refractivity contribution in [3.63, 3.8) is 0 Å². The Bertz CT molecular complexity index is 591. The van der Waals surface area contributed by atoms with Crippen LogP contribution in [0.4, 0.5) is 4.39 Å². The minimum atomic E-state index is -1.03. The molecule has 0 bridgehead atoms. The molecule has 2 aromatic rings. The van der Waals surface area contributed by atoms with Gasteiger partial charge in [-0.3, -0.25) is 0 Å². The van der Waals surface area contributed by atoms with Crippen molar-refractivity contribution in [2.24, 2.45) is 0 Å². The van der Waals surface area contributed by atoms with Crippen LogP contribution in [0.3, 0.4) is 0 Å². The lowest BCUT2D eigenvalue weighted by molar-refractivity contribution is 0.0691. The van der Waals surface area contributed by atoms with Crippen LogP contribution in [-0.2, 0) is 6.61 Å². The molecular formula is C15H13FO3. The van der Waals surface area contributed by atoms with Crippen molar-refractivity contribution in [1.82, 2.24) is 0 Å². The van der Waals surface area contributed by atoms with Gasteiger partial charge < -0.3 is 9.84 Å². The lowest BCUT2D eigenvalue weighted by Crippen LogP contribution is -2.05. The zero-order valence-electron chi connectivity index (χ0n) is 10.4. The van der Waals surface area contributed by atoms with E-state index in [1.165, 1.54) is 18.2 Å². The Morgan fingerprint density at radius 2 is 1.89 bits per heavy atom.